The molecular weight excluding hydrogens is 805 g/mol. The molecule has 0 N–H and O–H groups in total. The summed E-state index contributed by atoms with van der Waals surface area (Å²) in [6, 6.07) is 75.3. The molecule has 12 aromatic rings. The van der Waals surface area contributed by atoms with E-state index in [2.05, 4.69) is 218 Å². The van der Waals surface area contributed by atoms with E-state index in [1.807, 2.05) is 24.3 Å². The van der Waals surface area contributed by atoms with Crippen molar-refractivity contribution in [1.82, 2.24) is 14.5 Å². The molecule has 0 spiro atoms. The fourth-order valence-electron chi connectivity index (χ4n) is 10.0. The fourth-order valence-corrected chi connectivity index (χ4v) is 10.0. The van der Waals surface area contributed by atoms with Gasteiger partial charge in [0.25, 0.3) is 0 Å². The van der Waals surface area contributed by atoms with Gasteiger partial charge in [0.2, 0.25) is 5.95 Å². The molecule has 0 aliphatic carbocycles. The maximum atomic E-state index is 6.61. The Hall–Kier alpha value is -8.54. The van der Waals surface area contributed by atoms with Gasteiger partial charge in [-0.1, -0.05) is 157 Å². The molecule has 0 radical (unpaired) electrons. The molecule has 3 aromatic heterocycles. The van der Waals surface area contributed by atoms with Crippen LogP contribution in [0.25, 0.3) is 94.5 Å². The Morgan fingerprint density at radius 1 is 0.409 bits per heavy atom. The zero-order valence-electron chi connectivity index (χ0n) is 36.9. The van der Waals surface area contributed by atoms with Gasteiger partial charge >= 0.3 is 0 Å². The van der Waals surface area contributed by atoms with Crippen LogP contribution in [0, 0.1) is 20.8 Å². The molecule has 0 amide bonds. The van der Waals surface area contributed by atoms with Gasteiger partial charge in [-0.2, -0.15) is 0 Å². The zero-order valence-corrected chi connectivity index (χ0v) is 36.9. The number of nitrogens with zero attached hydrogens (tertiary/aromatic N) is 4. The first-order chi connectivity index (χ1) is 32.4. The highest BCUT2D eigenvalue weighted by molar-refractivity contribution is 6.21. The van der Waals surface area contributed by atoms with Crippen molar-refractivity contribution >= 4 is 60.8 Å². The van der Waals surface area contributed by atoms with Gasteiger partial charge in [-0.05, 0) is 109 Å². The number of fused-ring (bicyclic) bond motifs is 6. The minimum Gasteiger partial charge on any atom is -0.456 e. The first-order valence-electron chi connectivity index (χ1n) is 22.5. The molecule has 314 valence electrons. The van der Waals surface area contributed by atoms with Gasteiger partial charge in [-0.25, -0.2) is 9.97 Å². The number of aromatic nitrogens is 3. The topological polar surface area (TPSA) is 47.1 Å². The summed E-state index contributed by atoms with van der Waals surface area (Å²) in [6.45, 7) is 6.61. The van der Waals surface area contributed by atoms with Crippen LogP contribution in [-0.4, -0.2) is 14.5 Å². The second-order valence-corrected chi connectivity index (χ2v) is 17.2. The third kappa shape index (κ3) is 6.72. The van der Waals surface area contributed by atoms with Crippen LogP contribution in [-0.2, 0) is 0 Å². The molecule has 9 aromatic carbocycles. The number of aryl methyl sites for hydroxylation is 3. The number of furan rings is 1. The molecule has 0 aliphatic rings. The number of hydrogen-bond donors (Lipinski definition) is 0. The first kappa shape index (κ1) is 39.1. The third-order valence-corrected chi connectivity index (χ3v) is 12.9. The highest BCUT2D eigenvalue weighted by Crippen LogP contribution is 2.47. The van der Waals surface area contributed by atoms with Gasteiger partial charge in [0, 0.05) is 50.1 Å². The number of rotatable bonds is 8. The maximum absolute atomic E-state index is 6.61. The Balaban J connectivity index is 1.17. The van der Waals surface area contributed by atoms with Crippen molar-refractivity contribution in [2.75, 3.05) is 4.90 Å². The summed E-state index contributed by atoms with van der Waals surface area (Å²) in [5, 5.41) is 4.28. The van der Waals surface area contributed by atoms with Crippen LogP contribution in [0.5, 0.6) is 0 Å². The van der Waals surface area contributed by atoms with Crippen molar-refractivity contribution in [2.24, 2.45) is 0 Å². The normalized spacial score (nSPS) is 11.6. The van der Waals surface area contributed by atoms with Crippen molar-refractivity contribution < 1.29 is 4.42 Å². The summed E-state index contributed by atoms with van der Waals surface area (Å²) < 4.78 is 8.84. The number of anilines is 3. The summed E-state index contributed by atoms with van der Waals surface area (Å²) in [6.07, 6.45) is 0. The van der Waals surface area contributed by atoms with Crippen molar-refractivity contribution in [3.8, 4) is 50.7 Å². The largest absolute Gasteiger partial charge is 0.456 e. The number of benzene rings is 9. The Bertz CT molecular complexity index is 3700. The van der Waals surface area contributed by atoms with Gasteiger partial charge in [0.15, 0.2) is 0 Å². The summed E-state index contributed by atoms with van der Waals surface area (Å²) in [7, 11) is 0. The smallest absolute Gasteiger partial charge is 0.235 e. The number of hydrogen-bond acceptors (Lipinski definition) is 4. The van der Waals surface area contributed by atoms with E-state index in [0.717, 1.165) is 88.9 Å². The number of para-hydroxylation sites is 1. The van der Waals surface area contributed by atoms with Crippen molar-refractivity contribution in [1.29, 1.82) is 0 Å². The van der Waals surface area contributed by atoms with E-state index in [1.54, 1.807) is 0 Å². The monoisotopic (exact) mass is 848 g/mol. The molecule has 0 unspecified atom stereocenters. The molecule has 0 bridgehead atoms. The highest BCUT2D eigenvalue weighted by atomic mass is 16.3. The SMILES string of the molecule is Cc1cc(C)c(-c2cccc(N(c3ccc(-c4ccccc4)cc3)c3cccc4c3c3cc5c(cc3n4-c3nc(-c4ccccc4)cc(-c4ccccc4)n3)oc3ccccc35)c2)c(C)c1. The van der Waals surface area contributed by atoms with Crippen LogP contribution in [0.1, 0.15) is 16.7 Å². The Labute approximate surface area is 383 Å². The Kier molecular flexibility index (Phi) is 9.42. The molecule has 0 aliphatic heterocycles. The second kappa shape index (κ2) is 15.9. The Morgan fingerprint density at radius 2 is 1.00 bits per heavy atom. The van der Waals surface area contributed by atoms with E-state index >= 15 is 0 Å². The van der Waals surface area contributed by atoms with E-state index in [0.29, 0.717) is 5.95 Å². The van der Waals surface area contributed by atoms with E-state index in [4.69, 9.17) is 14.4 Å². The first-order valence-corrected chi connectivity index (χ1v) is 22.5. The van der Waals surface area contributed by atoms with Crippen molar-refractivity contribution in [3.05, 3.63) is 229 Å². The standard InChI is InChI=1S/C61H44N4O/c1-39-33-40(2)59(41(3)34-39)46-23-15-24-48(35-46)64(47-31-29-43(30-32-47)42-17-7-4-8-18-42)54-26-16-27-55-60(54)51-36-50-49-25-13-14-28-57(49)66-58(50)38-56(51)65(55)61-62-52(44-19-9-5-10-20-44)37-53(63-61)45-21-11-6-12-22-45/h4-38H,1-3H3. The third-order valence-electron chi connectivity index (χ3n) is 12.9. The van der Waals surface area contributed by atoms with Gasteiger partial charge in [-0.3, -0.25) is 4.57 Å². The molecule has 66 heavy (non-hydrogen) atoms. The Morgan fingerprint density at radius 3 is 1.68 bits per heavy atom. The minimum atomic E-state index is 0.578. The summed E-state index contributed by atoms with van der Waals surface area (Å²) >= 11 is 0. The van der Waals surface area contributed by atoms with Crippen LogP contribution >= 0.6 is 0 Å². The predicted octanol–water partition coefficient (Wildman–Crippen LogP) is 16.5. The molecule has 5 nitrogen and oxygen atoms in total. The highest BCUT2D eigenvalue weighted by Gasteiger charge is 2.25. The quantitative estimate of drug-likeness (QED) is 0.153. The lowest BCUT2D eigenvalue weighted by atomic mass is 9.93. The zero-order chi connectivity index (χ0) is 44.3. The molecule has 3 heterocycles. The van der Waals surface area contributed by atoms with Crippen molar-refractivity contribution in [3.63, 3.8) is 0 Å². The van der Waals surface area contributed by atoms with Crippen LogP contribution in [0.15, 0.2) is 217 Å². The van der Waals surface area contributed by atoms with Crippen LogP contribution < -0.4 is 4.90 Å². The lowest BCUT2D eigenvalue weighted by molar-refractivity contribution is 0.669. The van der Waals surface area contributed by atoms with Gasteiger partial charge < -0.3 is 9.32 Å². The average Bonchev–Trinajstić information content (AvgIpc) is 3.89. The van der Waals surface area contributed by atoms with Crippen LogP contribution in [0.2, 0.25) is 0 Å². The molecular formula is C61H44N4O. The van der Waals surface area contributed by atoms with Crippen LogP contribution in [0.4, 0.5) is 17.1 Å². The lowest BCUT2D eigenvalue weighted by Gasteiger charge is -2.27. The van der Waals surface area contributed by atoms with Crippen molar-refractivity contribution in [2.45, 2.75) is 20.8 Å². The van der Waals surface area contributed by atoms with E-state index in [9.17, 15) is 0 Å². The molecule has 0 fully saturated rings. The molecule has 0 saturated carbocycles. The fraction of sp³-hybridized carbons (Fsp3) is 0.0492. The molecule has 12 rings (SSSR count). The van der Waals surface area contributed by atoms with Crippen LogP contribution in [0.3, 0.4) is 0 Å². The summed E-state index contributed by atoms with van der Waals surface area (Å²) in [5.74, 6) is 0.578. The maximum Gasteiger partial charge on any atom is 0.235 e. The predicted molar refractivity (Wildman–Crippen MR) is 274 cm³/mol. The van der Waals surface area contributed by atoms with Gasteiger partial charge in [0.05, 0.1) is 28.1 Å². The lowest BCUT2D eigenvalue weighted by Crippen LogP contribution is -2.11. The van der Waals surface area contributed by atoms with E-state index in [-0.39, 0.29) is 0 Å². The summed E-state index contributed by atoms with van der Waals surface area (Å²) in [5.41, 5.74) is 19.0. The summed E-state index contributed by atoms with van der Waals surface area (Å²) in [4.78, 5) is 13.2. The van der Waals surface area contributed by atoms with Gasteiger partial charge in [-0.15, -0.1) is 0 Å². The van der Waals surface area contributed by atoms with Gasteiger partial charge in [0.1, 0.15) is 11.2 Å². The van der Waals surface area contributed by atoms with E-state index in [1.165, 1.54) is 33.4 Å². The minimum absolute atomic E-state index is 0.578. The molecule has 5 heteroatoms. The van der Waals surface area contributed by atoms with E-state index < -0.39 is 0 Å². The average molecular weight is 849 g/mol. The molecule has 0 atom stereocenters. The second-order valence-electron chi connectivity index (χ2n) is 17.2. The molecule has 0 saturated heterocycles.